The lowest BCUT2D eigenvalue weighted by atomic mass is 10.2. The van der Waals surface area contributed by atoms with Crippen LogP contribution in [0.4, 0.5) is 0 Å². The number of aromatic nitrogens is 2. The fourth-order valence-electron chi connectivity index (χ4n) is 2.41. The van der Waals surface area contributed by atoms with Crippen LogP contribution in [0.2, 0.25) is 0 Å². The molecule has 0 atom stereocenters. The molecule has 4 nitrogen and oxygen atoms in total. The quantitative estimate of drug-likeness (QED) is 0.537. The van der Waals surface area contributed by atoms with E-state index in [0.717, 1.165) is 38.3 Å². The van der Waals surface area contributed by atoms with Crippen molar-refractivity contribution in [3.05, 3.63) is 53.3 Å². The zero-order valence-electron chi connectivity index (χ0n) is 11.2. The molecular formula is C16H11BrN2O2. The molecule has 0 bridgehead atoms. The van der Waals surface area contributed by atoms with Gasteiger partial charge in [-0.3, -0.25) is 0 Å². The van der Waals surface area contributed by atoms with Gasteiger partial charge in [-0.1, -0.05) is 15.9 Å². The highest BCUT2D eigenvalue weighted by molar-refractivity contribution is 9.10. The molecule has 0 amide bonds. The van der Waals surface area contributed by atoms with Gasteiger partial charge in [0.25, 0.3) is 0 Å². The third kappa shape index (κ3) is 2.01. The fraction of sp³-hybridized carbons (Fsp3) is 0.0625. The molecule has 0 aliphatic heterocycles. The van der Waals surface area contributed by atoms with Crippen molar-refractivity contribution < 1.29 is 9.15 Å². The van der Waals surface area contributed by atoms with Gasteiger partial charge in [0.15, 0.2) is 17.2 Å². The Labute approximate surface area is 129 Å². The highest BCUT2D eigenvalue weighted by Gasteiger charge is 2.12. The maximum absolute atomic E-state index is 5.87. The smallest absolute Gasteiger partial charge is 0.180 e. The summed E-state index contributed by atoms with van der Waals surface area (Å²) in [6.07, 6.45) is 3.87. The number of imidazole rings is 1. The minimum atomic E-state index is 0.739. The van der Waals surface area contributed by atoms with Crippen LogP contribution in [0.3, 0.4) is 0 Å². The van der Waals surface area contributed by atoms with Gasteiger partial charge in [0.2, 0.25) is 0 Å². The van der Waals surface area contributed by atoms with Crippen molar-refractivity contribution in [3.63, 3.8) is 0 Å². The number of methoxy groups -OCH3 is 1. The zero-order chi connectivity index (χ0) is 14.4. The molecule has 0 aliphatic carbocycles. The SMILES string of the molecule is COc1cccn2cc(-c3cc4cc(Br)ccc4o3)nc12. The maximum atomic E-state index is 5.87. The van der Waals surface area contributed by atoms with Crippen molar-refractivity contribution in [2.24, 2.45) is 0 Å². The molecular weight excluding hydrogens is 332 g/mol. The number of pyridine rings is 1. The first-order valence-electron chi connectivity index (χ1n) is 6.46. The van der Waals surface area contributed by atoms with E-state index in [-0.39, 0.29) is 0 Å². The molecule has 5 heteroatoms. The second-order valence-electron chi connectivity index (χ2n) is 4.73. The minimum absolute atomic E-state index is 0.739. The third-order valence-electron chi connectivity index (χ3n) is 3.40. The molecule has 0 spiro atoms. The predicted octanol–water partition coefficient (Wildman–Crippen LogP) is 4.52. The lowest BCUT2D eigenvalue weighted by Gasteiger charge is -1.99. The Bertz CT molecular complexity index is 955. The van der Waals surface area contributed by atoms with E-state index in [1.54, 1.807) is 7.11 Å². The summed E-state index contributed by atoms with van der Waals surface area (Å²) in [5, 5.41) is 1.04. The minimum Gasteiger partial charge on any atom is -0.493 e. The van der Waals surface area contributed by atoms with E-state index in [4.69, 9.17) is 9.15 Å². The molecule has 21 heavy (non-hydrogen) atoms. The van der Waals surface area contributed by atoms with Crippen molar-refractivity contribution >= 4 is 32.5 Å². The summed E-state index contributed by atoms with van der Waals surface area (Å²) in [4.78, 5) is 4.60. The largest absolute Gasteiger partial charge is 0.493 e. The average Bonchev–Trinajstić information content (AvgIpc) is 3.09. The molecule has 0 radical (unpaired) electrons. The molecule has 0 unspecified atom stereocenters. The van der Waals surface area contributed by atoms with Crippen LogP contribution in [0.1, 0.15) is 0 Å². The van der Waals surface area contributed by atoms with Gasteiger partial charge in [-0.15, -0.1) is 0 Å². The topological polar surface area (TPSA) is 39.7 Å². The molecule has 0 aliphatic rings. The fourth-order valence-corrected chi connectivity index (χ4v) is 2.78. The van der Waals surface area contributed by atoms with Gasteiger partial charge in [0, 0.05) is 22.3 Å². The van der Waals surface area contributed by atoms with Crippen LogP contribution >= 0.6 is 15.9 Å². The van der Waals surface area contributed by atoms with Crippen molar-refractivity contribution in [3.8, 4) is 17.2 Å². The standard InChI is InChI=1S/C16H11BrN2O2/c1-20-14-3-2-6-19-9-12(18-16(14)19)15-8-10-7-11(17)4-5-13(10)21-15/h2-9H,1H3. The molecule has 4 aromatic rings. The molecule has 4 rings (SSSR count). The molecule has 0 fully saturated rings. The number of ether oxygens (including phenoxy) is 1. The summed E-state index contributed by atoms with van der Waals surface area (Å²) in [5.41, 5.74) is 2.40. The summed E-state index contributed by atoms with van der Waals surface area (Å²) in [6.45, 7) is 0. The first kappa shape index (κ1) is 12.5. The van der Waals surface area contributed by atoms with Crippen molar-refractivity contribution in [2.75, 3.05) is 7.11 Å². The average molecular weight is 343 g/mol. The molecule has 1 aromatic carbocycles. The first-order valence-corrected chi connectivity index (χ1v) is 7.25. The number of hydrogen-bond donors (Lipinski definition) is 0. The van der Waals surface area contributed by atoms with Gasteiger partial charge < -0.3 is 13.6 Å². The summed E-state index contributed by atoms with van der Waals surface area (Å²) >= 11 is 3.47. The number of benzene rings is 1. The molecule has 104 valence electrons. The second kappa shape index (κ2) is 4.63. The summed E-state index contributed by atoms with van der Waals surface area (Å²) in [6, 6.07) is 11.7. The molecule has 0 saturated heterocycles. The number of furan rings is 1. The van der Waals surface area contributed by atoms with Gasteiger partial charge in [-0.25, -0.2) is 4.98 Å². The van der Waals surface area contributed by atoms with Gasteiger partial charge in [-0.05, 0) is 36.4 Å². The third-order valence-corrected chi connectivity index (χ3v) is 3.89. The van der Waals surface area contributed by atoms with E-state index in [2.05, 4.69) is 20.9 Å². The van der Waals surface area contributed by atoms with Crippen LogP contribution in [0, 0.1) is 0 Å². The van der Waals surface area contributed by atoms with Crippen molar-refractivity contribution in [1.82, 2.24) is 9.38 Å². The van der Waals surface area contributed by atoms with E-state index >= 15 is 0 Å². The van der Waals surface area contributed by atoms with E-state index in [0.29, 0.717) is 0 Å². The lowest BCUT2D eigenvalue weighted by Crippen LogP contribution is -1.88. The Morgan fingerprint density at radius 2 is 2.14 bits per heavy atom. The summed E-state index contributed by atoms with van der Waals surface area (Å²) in [7, 11) is 1.64. The molecule has 0 N–H and O–H groups in total. The monoisotopic (exact) mass is 342 g/mol. The van der Waals surface area contributed by atoms with Crippen LogP contribution in [0.25, 0.3) is 28.1 Å². The van der Waals surface area contributed by atoms with Gasteiger partial charge >= 0.3 is 0 Å². The van der Waals surface area contributed by atoms with E-state index < -0.39 is 0 Å². The van der Waals surface area contributed by atoms with E-state index in [9.17, 15) is 0 Å². The molecule has 3 aromatic heterocycles. The van der Waals surface area contributed by atoms with E-state index in [1.165, 1.54) is 0 Å². The maximum Gasteiger partial charge on any atom is 0.180 e. The lowest BCUT2D eigenvalue weighted by molar-refractivity contribution is 0.417. The summed E-state index contributed by atoms with van der Waals surface area (Å²) in [5.74, 6) is 1.48. The molecule has 3 heterocycles. The van der Waals surface area contributed by atoms with Crippen LogP contribution in [0.5, 0.6) is 5.75 Å². The van der Waals surface area contributed by atoms with Crippen molar-refractivity contribution in [1.29, 1.82) is 0 Å². The van der Waals surface area contributed by atoms with Gasteiger partial charge in [0.05, 0.1) is 7.11 Å². The number of rotatable bonds is 2. The van der Waals surface area contributed by atoms with Crippen molar-refractivity contribution in [2.45, 2.75) is 0 Å². The zero-order valence-corrected chi connectivity index (χ0v) is 12.8. The normalized spacial score (nSPS) is 11.3. The number of nitrogens with zero attached hydrogens (tertiary/aromatic N) is 2. The Kier molecular flexibility index (Phi) is 2.75. The highest BCUT2D eigenvalue weighted by atomic mass is 79.9. The predicted molar refractivity (Wildman–Crippen MR) is 84.7 cm³/mol. The van der Waals surface area contributed by atoms with Crippen LogP contribution in [-0.2, 0) is 0 Å². The van der Waals surface area contributed by atoms with Gasteiger partial charge in [-0.2, -0.15) is 0 Å². The Morgan fingerprint density at radius 1 is 1.24 bits per heavy atom. The highest BCUT2D eigenvalue weighted by Crippen LogP contribution is 2.30. The van der Waals surface area contributed by atoms with Gasteiger partial charge in [0.1, 0.15) is 11.3 Å². The Balaban J connectivity index is 1.91. The molecule has 0 saturated carbocycles. The summed E-state index contributed by atoms with van der Waals surface area (Å²) < 4.78 is 14.2. The Hall–Kier alpha value is -2.27. The van der Waals surface area contributed by atoms with Crippen LogP contribution in [-0.4, -0.2) is 16.5 Å². The van der Waals surface area contributed by atoms with E-state index in [1.807, 2.05) is 53.2 Å². The first-order chi connectivity index (χ1) is 10.2. The van der Waals surface area contributed by atoms with Crippen LogP contribution in [0.15, 0.2) is 57.7 Å². The van der Waals surface area contributed by atoms with Crippen LogP contribution < -0.4 is 4.74 Å². The Morgan fingerprint density at radius 3 is 3.00 bits per heavy atom. The number of halogens is 1. The number of fused-ring (bicyclic) bond motifs is 2. The second-order valence-corrected chi connectivity index (χ2v) is 5.64. The number of hydrogen-bond acceptors (Lipinski definition) is 3.